The molecule has 0 N–H and O–H groups in total. The van der Waals surface area contributed by atoms with E-state index in [2.05, 4.69) is 32.2 Å². The molecule has 2 atom stereocenters. The van der Waals surface area contributed by atoms with E-state index in [1.165, 1.54) is 31.5 Å². The number of rotatable bonds is 7. The third-order valence-corrected chi connectivity index (χ3v) is 7.63. The fraction of sp³-hybridized carbons (Fsp3) is 0.476. The molecule has 8 heteroatoms. The first-order valence-corrected chi connectivity index (χ1v) is 11.3. The van der Waals surface area contributed by atoms with E-state index < -0.39 is 0 Å². The van der Waals surface area contributed by atoms with Crippen LogP contribution in [0.1, 0.15) is 24.1 Å². The van der Waals surface area contributed by atoms with E-state index in [0.29, 0.717) is 11.2 Å². The lowest BCUT2D eigenvalue weighted by molar-refractivity contribution is 0.299. The quantitative estimate of drug-likeness (QED) is 0.414. The van der Waals surface area contributed by atoms with Gasteiger partial charge in [-0.1, -0.05) is 35.5 Å². The largest absolute Gasteiger partial charge is 0.440 e. The first kappa shape index (κ1) is 19.2. The molecule has 0 amide bonds. The van der Waals surface area contributed by atoms with Crippen LogP contribution in [0.5, 0.6) is 0 Å². The van der Waals surface area contributed by atoms with Crippen LogP contribution in [0.25, 0.3) is 11.6 Å². The third-order valence-electron chi connectivity index (χ3n) is 6.27. The summed E-state index contributed by atoms with van der Waals surface area (Å²) in [4.78, 5) is 6.75. The van der Waals surface area contributed by atoms with Crippen LogP contribution in [0.15, 0.2) is 40.2 Å². The van der Waals surface area contributed by atoms with Gasteiger partial charge in [-0.05, 0) is 49.9 Å². The van der Waals surface area contributed by atoms with Gasteiger partial charge in [-0.3, -0.25) is 0 Å². The summed E-state index contributed by atoms with van der Waals surface area (Å²) in [5, 5.41) is 10.3. The van der Waals surface area contributed by atoms with Crippen LogP contribution < -0.4 is 0 Å². The average Bonchev–Trinajstić information content (AvgIpc) is 3.02. The van der Waals surface area contributed by atoms with Crippen LogP contribution in [0.3, 0.4) is 0 Å². The van der Waals surface area contributed by atoms with Gasteiger partial charge in [-0.2, -0.15) is 0 Å². The molecule has 1 saturated heterocycles. The Morgan fingerprint density at radius 1 is 1.28 bits per heavy atom. The maximum Gasteiger partial charge on any atom is 0.202 e. The highest BCUT2D eigenvalue weighted by molar-refractivity contribution is 7.99. The standard InChI is InChI=1S/C21H24ClN5OS/c1-14-18(28-13-23-14)19-24-25-20(26(19)2)29-9-3-8-27-11-16-10-21(16,12-27)15-4-6-17(22)7-5-15/h4-7,13,16H,3,8-12H2,1-2H3/t16-,21+/m1/s1. The fourth-order valence-electron chi connectivity index (χ4n) is 4.59. The predicted molar refractivity (Wildman–Crippen MR) is 114 cm³/mol. The molecule has 1 aromatic carbocycles. The molecule has 0 spiro atoms. The smallest absolute Gasteiger partial charge is 0.202 e. The topological polar surface area (TPSA) is 60.0 Å². The third kappa shape index (κ3) is 3.49. The number of aromatic nitrogens is 4. The van der Waals surface area contributed by atoms with Crippen LogP contribution in [0, 0.1) is 12.8 Å². The van der Waals surface area contributed by atoms with E-state index in [0.717, 1.165) is 46.3 Å². The summed E-state index contributed by atoms with van der Waals surface area (Å²) in [6.45, 7) is 5.43. The zero-order valence-corrected chi connectivity index (χ0v) is 18.2. The molecule has 2 aliphatic rings. The van der Waals surface area contributed by atoms with Gasteiger partial charge >= 0.3 is 0 Å². The molecule has 1 aliphatic heterocycles. The number of hydrogen-bond acceptors (Lipinski definition) is 6. The molecule has 152 valence electrons. The molecule has 2 aromatic heterocycles. The van der Waals surface area contributed by atoms with Gasteiger partial charge in [0.15, 0.2) is 17.3 Å². The average molecular weight is 430 g/mol. The second-order valence-corrected chi connectivity index (χ2v) is 9.63. The molecule has 0 radical (unpaired) electrons. The molecule has 5 rings (SSSR count). The summed E-state index contributed by atoms with van der Waals surface area (Å²) >= 11 is 7.81. The number of likely N-dealkylation sites (tertiary alicyclic amines) is 1. The summed E-state index contributed by atoms with van der Waals surface area (Å²) in [7, 11) is 1.98. The highest BCUT2D eigenvalue weighted by Gasteiger charge is 2.60. The summed E-state index contributed by atoms with van der Waals surface area (Å²) < 4.78 is 7.43. The van der Waals surface area contributed by atoms with Gasteiger partial charge < -0.3 is 13.9 Å². The Kier molecular flexibility index (Phi) is 4.92. The van der Waals surface area contributed by atoms with E-state index in [9.17, 15) is 0 Å². The SMILES string of the molecule is Cc1ncoc1-c1nnc(SCCCN2C[C@H]3C[C@@]3(c3ccc(Cl)cc3)C2)n1C. The molecule has 1 aliphatic carbocycles. The monoisotopic (exact) mass is 429 g/mol. The van der Waals surface area contributed by atoms with E-state index >= 15 is 0 Å². The predicted octanol–water partition coefficient (Wildman–Crippen LogP) is 4.19. The second kappa shape index (κ2) is 7.45. The minimum absolute atomic E-state index is 0.380. The molecule has 0 bridgehead atoms. The Balaban J connectivity index is 1.13. The summed E-state index contributed by atoms with van der Waals surface area (Å²) in [6, 6.07) is 8.47. The van der Waals surface area contributed by atoms with Crippen molar-refractivity contribution >= 4 is 23.4 Å². The highest BCUT2D eigenvalue weighted by Crippen LogP contribution is 2.59. The van der Waals surface area contributed by atoms with Crippen LogP contribution in [0.2, 0.25) is 5.02 Å². The molecule has 2 fully saturated rings. The molecular weight excluding hydrogens is 406 g/mol. The van der Waals surface area contributed by atoms with Gasteiger partial charge in [0, 0.05) is 36.3 Å². The Morgan fingerprint density at radius 2 is 2.10 bits per heavy atom. The van der Waals surface area contributed by atoms with Crippen molar-refractivity contribution in [2.24, 2.45) is 13.0 Å². The number of fused-ring (bicyclic) bond motifs is 1. The number of piperidine rings is 1. The van der Waals surface area contributed by atoms with Crippen molar-refractivity contribution in [2.45, 2.75) is 30.3 Å². The number of halogens is 1. The van der Waals surface area contributed by atoms with Gasteiger partial charge in [-0.25, -0.2) is 4.98 Å². The molecule has 3 heterocycles. The van der Waals surface area contributed by atoms with Gasteiger partial charge in [0.25, 0.3) is 0 Å². The molecule has 3 aromatic rings. The van der Waals surface area contributed by atoms with Crippen LogP contribution >= 0.6 is 23.4 Å². The fourth-order valence-corrected chi connectivity index (χ4v) is 5.55. The van der Waals surface area contributed by atoms with E-state index in [1.807, 2.05) is 30.7 Å². The Morgan fingerprint density at radius 3 is 2.86 bits per heavy atom. The van der Waals surface area contributed by atoms with E-state index in [4.69, 9.17) is 16.0 Å². The normalized spacial score (nSPS) is 23.5. The lowest BCUT2D eigenvalue weighted by atomic mass is 9.95. The molecule has 6 nitrogen and oxygen atoms in total. The van der Waals surface area contributed by atoms with Crippen molar-refractivity contribution in [2.75, 3.05) is 25.4 Å². The zero-order valence-electron chi connectivity index (χ0n) is 16.6. The second-order valence-electron chi connectivity index (χ2n) is 8.13. The van der Waals surface area contributed by atoms with Crippen molar-refractivity contribution in [1.82, 2.24) is 24.6 Å². The summed E-state index contributed by atoms with van der Waals surface area (Å²) in [5.41, 5.74) is 2.67. The van der Waals surface area contributed by atoms with Crippen molar-refractivity contribution in [3.05, 3.63) is 46.9 Å². The van der Waals surface area contributed by atoms with E-state index in [1.54, 1.807) is 11.8 Å². The Labute approximate surface area is 179 Å². The number of aryl methyl sites for hydroxylation is 1. The minimum atomic E-state index is 0.380. The molecule has 29 heavy (non-hydrogen) atoms. The van der Waals surface area contributed by atoms with Crippen LogP contribution in [0.4, 0.5) is 0 Å². The Bertz CT molecular complexity index is 1020. The van der Waals surface area contributed by atoms with Gasteiger partial charge in [0.1, 0.15) is 0 Å². The van der Waals surface area contributed by atoms with Crippen molar-refractivity contribution in [3.63, 3.8) is 0 Å². The first-order valence-electron chi connectivity index (χ1n) is 9.98. The maximum absolute atomic E-state index is 6.06. The first-order chi connectivity index (χ1) is 14.1. The molecule has 0 unspecified atom stereocenters. The highest BCUT2D eigenvalue weighted by atomic mass is 35.5. The molecule has 1 saturated carbocycles. The van der Waals surface area contributed by atoms with E-state index in [-0.39, 0.29) is 0 Å². The lowest BCUT2D eigenvalue weighted by Crippen LogP contribution is -2.27. The maximum atomic E-state index is 6.06. The molecular formula is C21H24ClN5OS. The van der Waals surface area contributed by atoms with Gasteiger partial charge in [-0.15, -0.1) is 10.2 Å². The minimum Gasteiger partial charge on any atom is -0.440 e. The summed E-state index contributed by atoms with van der Waals surface area (Å²) in [6.07, 6.45) is 3.91. The summed E-state index contributed by atoms with van der Waals surface area (Å²) in [5.74, 6) is 3.25. The number of benzene rings is 1. The number of nitrogens with zero attached hydrogens (tertiary/aromatic N) is 5. The van der Waals surface area contributed by atoms with Gasteiger partial charge in [0.05, 0.1) is 5.69 Å². The van der Waals surface area contributed by atoms with Crippen molar-refractivity contribution < 1.29 is 4.42 Å². The number of oxazole rings is 1. The van der Waals surface area contributed by atoms with Crippen LogP contribution in [-0.2, 0) is 12.5 Å². The lowest BCUT2D eigenvalue weighted by Gasteiger charge is -2.21. The number of hydrogen-bond donors (Lipinski definition) is 0. The zero-order chi connectivity index (χ0) is 20.0. The van der Waals surface area contributed by atoms with Crippen molar-refractivity contribution in [1.29, 1.82) is 0 Å². The van der Waals surface area contributed by atoms with Crippen LogP contribution in [-0.4, -0.2) is 50.0 Å². The Hall–Kier alpha value is -1.83. The van der Waals surface area contributed by atoms with Gasteiger partial charge in [0.2, 0.25) is 5.82 Å². The number of thioether (sulfide) groups is 1. The van der Waals surface area contributed by atoms with Crippen molar-refractivity contribution in [3.8, 4) is 11.6 Å².